The molecule has 1 N–H and O–H groups in total. The Kier molecular flexibility index (Phi) is 4.92. The van der Waals surface area contributed by atoms with Gasteiger partial charge in [0.05, 0.1) is 11.4 Å². The second-order valence-corrected chi connectivity index (χ2v) is 7.09. The van der Waals surface area contributed by atoms with Gasteiger partial charge in [0.2, 0.25) is 0 Å². The average Bonchev–Trinajstić information content (AvgIpc) is 3.38. The molecule has 1 saturated heterocycles. The summed E-state index contributed by atoms with van der Waals surface area (Å²) >= 11 is 1.61. The normalized spacial score (nSPS) is 13.9. The lowest BCUT2D eigenvalue weighted by atomic mass is 10.3. The SMILES string of the molecule is O=c1ccc(-c2cccs2)nn1CCNc1cc(N2CCCC2)ncn1. The van der Waals surface area contributed by atoms with Crippen LogP contribution in [0.4, 0.5) is 11.6 Å². The highest BCUT2D eigenvalue weighted by molar-refractivity contribution is 7.13. The first kappa shape index (κ1) is 16.7. The fourth-order valence-corrected chi connectivity index (χ4v) is 3.71. The third kappa shape index (κ3) is 3.75. The molecule has 0 amide bonds. The highest BCUT2D eigenvalue weighted by atomic mass is 32.1. The number of thiophene rings is 1. The molecular formula is C18H20N6OS. The highest BCUT2D eigenvalue weighted by Crippen LogP contribution is 2.21. The largest absolute Gasteiger partial charge is 0.368 e. The molecule has 0 radical (unpaired) electrons. The van der Waals surface area contributed by atoms with Crippen LogP contribution in [0, 0.1) is 0 Å². The minimum atomic E-state index is -0.104. The predicted molar refractivity (Wildman–Crippen MR) is 104 cm³/mol. The van der Waals surface area contributed by atoms with Crippen molar-refractivity contribution in [3.05, 3.63) is 52.4 Å². The molecule has 0 unspecified atom stereocenters. The Morgan fingerprint density at radius 2 is 2.04 bits per heavy atom. The third-order valence-electron chi connectivity index (χ3n) is 4.35. The summed E-state index contributed by atoms with van der Waals surface area (Å²) in [6.45, 7) is 3.13. The van der Waals surface area contributed by atoms with Crippen molar-refractivity contribution < 1.29 is 0 Å². The van der Waals surface area contributed by atoms with Crippen LogP contribution in [0.25, 0.3) is 10.6 Å². The van der Waals surface area contributed by atoms with E-state index >= 15 is 0 Å². The summed E-state index contributed by atoms with van der Waals surface area (Å²) in [5.74, 6) is 1.72. The summed E-state index contributed by atoms with van der Waals surface area (Å²) < 4.78 is 1.49. The average molecular weight is 368 g/mol. The first-order valence-corrected chi connectivity index (χ1v) is 9.60. The smallest absolute Gasteiger partial charge is 0.266 e. The Morgan fingerprint density at radius 3 is 2.85 bits per heavy atom. The van der Waals surface area contributed by atoms with E-state index in [2.05, 4.69) is 25.3 Å². The van der Waals surface area contributed by atoms with Crippen LogP contribution < -0.4 is 15.8 Å². The van der Waals surface area contributed by atoms with E-state index in [0.29, 0.717) is 13.1 Å². The number of nitrogens with one attached hydrogen (secondary N) is 1. The third-order valence-corrected chi connectivity index (χ3v) is 5.25. The summed E-state index contributed by atoms with van der Waals surface area (Å²) in [4.78, 5) is 24.0. The summed E-state index contributed by atoms with van der Waals surface area (Å²) in [6, 6.07) is 9.28. The molecule has 0 saturated carbocycles. The number of hydrogen-bond acceptors (Lipinski definition) is 7. The van der Waals surface area contributed by atoms with Gasteiger partial charge in [-0.1, -0.05) is 6.07 Å². The molecule has 0 aromatic carbocycles. The van der Waals surface area contributed by atoms with Gasteiger partial charge in [0, 0.05) is 31.8 Å². The zero-order valence-electron chi connectivity index (χ0n) is 14.3. The van der Waals surface area contributed by atoms with E-state index in [1.54, 1.807) is 29.8 Å². The lowest BCUT2D eigenvalue weighted by molar-refractivity contribution is 0.600. The molecule has 134 valence electrons. The van der Waals surface area contributed by atoms with Gasteiger partial charge in [-0.2, -0.15) is 5.10 Å². The van der Waals surface area contributed by atoms with Crippen LogP contribution in [0.15, 0.2) is 46.8 Å². The number of rotatable bonds is 6. The molecule has 4 rings (SSSR count). The molecular weight excluding hydrogens is 348 g/mol. The molecule has 3 aromatic rings. The molecule has 26 heavy (non-hydrogen) atoms. The van der Waals surface area contributed by atoms with Crippen molar-refractivity contribution in [2.45, 2.75) is 19.4 Å². The van der Waals surface area contributed by atoms with Crippen molar-refractivity contribution in [3.8, 4) is 10.6 Å². The number of hydrogen-bond donors (Lipinski definition) is 1. The van der Waals surface area contributed by atoms with Crippen molar-refractivity contribution in [1.82, 2.24) is 19.7 Å². The van der Waals surface area contributed by atoms with E-state index in [9.17, 15) is 4.79 Å². The predicted octanol–water partition coefficient (Wildman–Crippen LogP) is 2.47. The molecule has 8 heteroatoms. The van der Waals surface area contributed by atoms with E-state index < -0.39 is 0 Å². The van der Waals surface area contributed by atoms with Crippen molar-refractivity contribution in [1.29, 1.82) is 0 Å². The Hall–Kier alpha value is -2.74. The van der Waals surface area contributed by atoms with Gasteiger partial charge in [-0.05, 0) is 30.4 Å². The van der Waals surface area contributed by atoms with Crippen molar-refractivity contribution in [2.75, 3.05) is 29.9 Å². The number of aromatic nitrogens is 4. The van der Waals surface area contributed by atoms with Gasteiger partial charge in [-0.15, -0.1) is 11.3 Å². The maximum Gasteiger partial charge on any atom is 0.266 e. The second-order valence-electron chi connectivity index (χ2n) is 6.14. The Morgan fingerprint density at radius 1 is 1.15 bits per heavy atom. The molecule has 0 aliphatic carbocycles. The van der Waals surface area contributed by atoms with Gasteiger partial charge in [-0.3, -0.25) is 4.79 Å². The zero-order valence-corrected chi connectivity index (χ0v) is 15.2. The van der Waals surface area contributed by atoms with Crippen LogP contribution in [0.2, 0.25) is 0 Å². The quantitative estimate of drug-likeness (QED) is 0.720. The van der Waals surface area contributed by atoms with Crippen LogP contribution in [-0.4, -0.2) is 39.4 Å². The molecule has 1 aliphatic heterocycles. The maximum atomic E-state index is 12.1. The Bertz CT molecular complexity index is 917. The van der Waals surface area contributed by atoms with Gasteiger partial charge >= 0.3 is 0 Å². The van der Waals surface area contributed by atoms with Gasteiger partial charge < -0.3 is 10.2 Å². The molecule has 7 nitrogen and oxygen atoms in total. The van der Waals surface area contributed by atoms with Crippen LogP contribution >= 0.6 is 11.3 Å². The van der Waals surface area contributed by atoms with Crippen molar-refractivity contribution in [3.63, 3.8) is 0 Å². The summed E-state index contributed by atoms with van der Waals surface area (Å²) in [6.07, 6.45) is 4.00. The summed E-state index contributed by atoms with van der Waals surface area (Å²) in [5.41, 5.74) is 0.713. The van der Waals surface area contributed by atoms with Crippen LogP contribution in [0.1, 0.15) is 12.8 Å². The van der Waals surface area contributed by atoms with E-state index in [1.165, 1.54) is 17.5 Å². The standard InChI is InChI=1S/C18H20N6OS/c25-18-6-5-14(15-4-3-11-26-15)22-24(18)10-7-19-16-12-17(21-13-20-16)23-8-1-2-9-23/h3-6,11-13H,1-2,7-10H2,(H,19,20,21). The minimum absolute atomic E-state index is 0.104. The first-order chi connectivity index (χ1) is 12.8. The van der Waals surface area contributed by atoms with Crippen molar-refractivity contribution >= 4 is 23.0 Å². The number of anilines is 2. The van der Waals surface area contributed by atoms with E-state index in [4.69, 9.17) is 0 Å². The molecule has 3 aromatic heterocycles. The highest BCUT2D eigenvalue weighted by Gasteiger charge is 2.14. The molecule has 1 fully saturated rings. The number of nitrogens with zero attached hydrogens (tertiary/aromatic N) is 5. The topological polar surface area (TPSA) is 75.9 Å². The molecule has 0 spiro atoms. The molecule has 4 heterocycles. The van der Waals surface area contributed by atoms with Gasteiger partial charge in [0.1, 0.15) is 23.7 Å². The second kappa shape index (κ2) is 7.65. The van der Waals surface area contributed by atoms with Gasteiger partial charge in [0.15, 0.2) is 0 Å². The van der Waals surface area contributed by atoms with Crippen LogP contribution in [0.5, 0.6) is 0 Å². The van der Waals surface area contributed by atoms with E-state index in [1.807, 2.05) is 23.6 Å². The fourth-order valence-electron chi connectivity index (χ4n) is 3.02. The molecule has 0 bridgehead atoms. The van der Waals surface area contributed by atoms with Gasteiger partial charge in [-0.25, -0.2) is 14.6 Å². The molecule has 0 atom stereocenters. The Labute approximate surface area is 155 Å². The Balaban J connectivity index is 1.41. The van der Waals surface area contributed by atoms with Gasteiger partial charge in [0.25, 0.3) is 5.56 Å². The molecule has 1 aliphatic rings. The fraction of sp³-hybridized carbons (Fsp3) is 0.333. The monoisotopic (exact) mass is 368 g/mol. The first-order valence-electron chi connectivity index (χ1n) is 8.72. The maximum absolute atomic E-state index is 12.1. The lowest BCUT2D eigenvalue weighted by Crippen LogP contribution is -2.26. The van der Waals surface area contributed by atoms with E-state index in [-0.39, 0.29) is 5.56 Å². The van der Waals surface area contributed by atoms with E-state index in [0.717, 1.165) is 35.3 Å². The van der Waals surface area contributed by atoms with Crippen LogP contribution in [-0.2, 0) is 6.54 Å². The summed E-state index contributed by atoms with van der Waals surface area (Å²) in [7, 11) is 0. The minimum Gasteiger partial charge on any atom is -0.368 e. The van der Waals surface area contributed by atoms with Crippen molar-refractivity contribution in [2.24, 2.45) is 0 Å². The lowest BCUT2D eigenvalue weighted by Gasteiger charge is -2.16. The summed E-state index contributed by atoms with van der Waals surface area (Å²) in [5, 5.41) is 9.72. The van der Waals surface area contributed by atoms with Crippen LogP contribution in [0.3, 0.4) is 0 Å². The zero-order chi connectivity index (χ0) is 17.8.